The molecule has 0 N–H and O–H groups in total. The zero-order valence-electron chi connectivity index (χ0n) is 28.8. The van der Waals surface area contributed by atoms with E-state index in [1.165, 1.54) is 87.2 Å². The van der Waals surface area contributed by atoms with Crippen LogP contribution in [0.1, 0.15) is 49.9 Å². The van der Waals surface area contributed by atoms with Gasteiger partial charge in [-0.05, 0) is 116 Å². The molecule has 0 fully saturated rings. The second kappa shape index (κ2) is 10.5. The number of hydrogen-bond acceptors (Lipinski definition) is 2. The minimum atomic E-state index is -0.155. The van der Waals surface area contributed by atoms with E-state index in [1.54, 1.807) is 0 Å². The molecule has 2 heteroatoms. The Balaban J connectivity index is 1.11. The van der Waals surface area contributed by atoms with E-state index in [0.29, 0.717) is 0 Å². The molecule has 0 saturated heterocycles. The molecule has 0 atom stereocenters. The van der Waals surface area contributed by atoms with Gasteiger partial charge in [-0.15, -0.1) is 11.3 Å². The number of rotatable bonds is 4. The molecule has 0 radical (unpaired) electrons. The minimum absolute atomic E-state index is 0.0723. The highest BCUT2D eigenvalue weighted by atomic mass is 32.1. The fraction of sp³-hybridized carbons (Fsp3) is 0.125. The first-order valence-electron chi connectivity index (χ1n) is 17.6. The van der Waals surface area contributed by atoms with Crippen molar-refractivity contribution >= 4 is 48.6 Å². The Morgan fingerprint density at radius 1 is 0.380 bits per heavy atom. The van der Waals surface area contributed by atoms with Crippen LogP contribution in [0.3, 0.4) is 0 Å². The van der Waals surface area contributed by atoms with Crippen LogP contribution in [0.2, 0.25) is 0 Å². The molecule has 2 aliphatic carbocycles. The third-order valence-electron chi connectivity index (χ3n) is 11.5. The van der Waals surface area contributed by atoms with Crippen molar-refractivity contribution in [3.8, 4) is 33.4 Å². The van der Waals surface area contributed by atoms with Crippen molar-refractivity contribution in [3.63, 3.8) is 0 Å². The van der Waals surface area contributed by atoms with E-state index in [2.05, 4.69) is 184 Å². The van der Waals surface area contributed by atoms with Gasteiger partial charge in [-0.1, -0.05) is 119 Å². The molecule has 10 rings (SSSR count). The van der Waals surface area contributed by atoms with Gasteiger partial charge in [0, 0.05) is 48.1 Å². The lowest BCUT2D eigenvalue weighted by Gasteiger charge is -2.28. The number of hydrogen-bond donors (Lipinski definition) is 0. The molecule has 0 amide bonds. The lowest BCUT2D eigenvalue weighted by molar-refractivity contribution is 0.652. The van der Waals surface area contributed by atoms with Crippen LogP contribution >= 0.6 is 11.3 Å². The summed E-state index contributed by atoms with van der Waals surface area (Å²) in [6.07, 6.45) is 0. The molecule has 1 nitrogen and oxygen atoms in total. The highest BCUT2D eigenvalue weighted by molar-refractivity contribution is 7.25. The van der Waals surface area contributed by atoms with Gasteiger partial charge in [0.25, 0.3) is 0 Å². The van der Waals surface area contributed by atoms with Gasteiger partial charge >= 0.3 is 0 Å². The molecule has 0 saturated carbocycles. The predicted octanol–water partition coefficient (Wildman–Crippen LogP) is 13.8. The largest absolute Gasteiger partial charge is 0.310 e. The highest BCUT2D eigenvalue weighted by Gasteiger charge is 2.42. The van der Waals surface area contributed by atoms with Crippen LogP contribution < -0.4 is 4.90 Å². The maximum atomic E-state index is 2.52. The SMILES string of the molecule is CC1(C)c2ccc(-c3ccccc3)cc2-c2cc3c(cc21)-c1ccc(N(c2ccccc2)c2ccc4c(c2)sc2ccccc24)cc1C3(C)C. The van der Waals surface area contributed by atoms with E-state index in [9.17, 15) is 0 Å². The molecule has 1 aromatic heterocycles. The van der Waals surface area contributed by atoms with Gasteiger partial charge in [0.1, 0.15) is 0 Å². The maximum absolute atomic E-state index is 2.52. The topological polar surface area (TPSA) is 3.24 Å². The van der Waals surface area contributed by atoms with Crippen LogP contribution in [-0.2, 0) is 10.8 Å². The van der Waals surface area contributed by atoms with Crippen LogP contribution in [0.25, 0.3) is 53.6 Å². The molecule has 0 spiro atoms. The Hall–Kier alpha value is -5.44. The number of benzene rings is 7. The molecular formula is C48H37NS. The van der Waals surface area contributed by atoms with Gasteiger partial charge in [-0.25, -0.2) is 0 Å². The number of para-hydroxylation sites is 1. The Morgan fingerprint density at radius 3 is 1.74 bits per heavy atom. The van der Waals surface area contributed by atoms with Gasteiger partial charge in [-0.2, -0.15) is 0 Å². The number of nitrogens with zero attached hydrogens (tertiary/aromatic N) is 1. The molecule has 0 bridgehead atoms. The van der Waals surface area contributed by atoms with Crippen molar-refractivity contribution in [1.29, 1.82) is 0 Å². The van der Waals surface area contributed by atoms with Gasteiger partial charge in [-0.3, -0.25) is 0 Å². The average Bonchev–Trinajstić information content (AvgIpc) is 3.70. The lowest BCUT2D eigenvalue weighted by Crippen LogP contribution is -2.17. The van der Waals surface area contributed by atoms with Gasteiger partial charge in [0.05, 0.1) is 0 Å². The van der Waals surface area contributed by atoms with Crippen molar-refractivity contribution in [3.05, 3.63) is 174 Å². The lowest BCUT2D eigenvalue weighted by atomic mass is 9.79. The number of fused-ring (bicyclic) bond motifs is 9. The summed E-state index contributed by atoms with van der Waals surface area (Å²) in [5.41, 5.74) is 16.9. The van der Waals surface area contributed by atoms with Crippen molar-refractivity contribution in [2.75, 3.05) is 4.90 Å². The minimum Gasteiger partial charge on any atom is -0.310 e. The zero-order valence-corrected chi connectivity index (χ0v) is 29.6. The van der Waals surface area contributed by atoms with Crippen molar-refractivity contribution in [2.24, 2.45) is 0 Å². The predicted molar refractivity (Wildman–Crippen MR) is 215 cm³/mol. The van der Waals surface area contributed by atoms with Crippen molar-refractivity contribution in [2.45, 2.75) is 38.5 Å². The fourth-order valence-corrected chi connectivity index (χ4v) is 9.93. The second-order valence-electron chi connectivity index (χ2n) is 15.0. The highest BCUT2D eigenvalue weighted by Crippen LogP contribution is 2.57. The van der Waals surface area contributed by atoms with Crippen LogP contribution in [-0.4, -0.2) is 0 Å². The Labute approximate surface area is 298 Å². The standard InChI is InChI=1S/C48H37NS/c1-47(2)41-24-19-31(30-13-7-5-8-14-30)25-38(41)40-29-43-39(28-44(40)47)35-22-20-33(26-42(35)48(43,3)4)49(32-15-9-6-10-16-32)34-21-23-37-36-17-11-12-18-45(36)50-46(37)27-34/h5-29H,1-4H3. The smallest absolute Gasteiger partial charge is 0.0476 e. The van der Waals surface area contributed by atoms with Gasteiger partial charge in [0.2, 0.25) is 0 Å². The first-order chi connectivity index (χ1) is 24.3. The molecule has 7 aromatic carbocycles. The Morgan fingerprint density at radius 2 is 0.960 bits per heavy atom. The first-order valence-corrected chi connectivity index (χ1v) is 18.4. The van der Waals surface area contributed by atoms with E-state index in [1.807, 2.05) is 11.3 Å². The Bertz CT molecular complexity index is 2640. The molecule has 50 heavy (non-hydrogen) atoms. The summed E-state index contributed by atoms with van der Waals surface area (Å²) in [7, 11) is 0. The number of anilines is 3. The third-order valence-corrected chi connectivity index (χ3v) is 12.6. The number of thiophene rings is 1. The van der Waals surface area contributed by atoms with Crippen LogP contribution in [0, 0.1) is 0 Å². The van der Waals surface area contributed by atoms with Gasteiger partial charge in [0.15, 0.2) is 0 Å². The van der Waals surface area contributed by atoms with E-state index in [-0.39, 0.29) is 10.8 Å². The molecular weight excluding hydrogens is 623 g/mol. The first kappa shape index (κ1) is 29.5. The molecule has 1 heterocycles. The molecule has 0 unspecified atom stereocenters. The fourth-order valence-electron chi connectivity index (χ4n) is 8.79. The van der Waals surface area contributed by atoms with Crippen molar-refractivity contribution < 1.29 is 0 Å². The molecule has 0 aliphatic heterocycles. The molecule has 240 valence electrons. The zero-order chi connectivity index (χ0) is 33.8. The van der Waals surface area contributed by atoms with E-state index in [0.717, 1.165) is 5.69 Å². The van der Waals surface area contributed by atoms with Crippen molar-refractivity contribution in [1.82, 2.24) is 0 Å². The van der Waals surface area contributed by atoms with Crippen LogP contribution in [0.4, 0.5) is 17.1 Å². The third kappa shape index (κ3) is 4.18. The maximum Gasteiger partial charge on any atom is 0.0476 e. The summed E-state index contributed by atoms with van der Waals surface area (Å²) in [6, 6.07) is 56.6. The quantitative estimate of drug-likeness (QED) is 0.182. The van der Waals surface area contributed by atoms with E-state index in [4.69, 9.17) is 0 Å². The summed E-state index contributed by atoms with van der Waals surface area (Å²) in [4.78, 5) is 2.42. The van der Waals surface area contributed by atoms with Gasteiger partial charge < -0.3 is 4.90 Å². The monoisotopic (exact) mass is 659 g/mol. The summed E-state index contributed by atoms with van der Waals surface area (Å²) in [6.45, 7) is 9.60. The van der Waals surface area contributed by atoms with E-state index >= 15 is 0 Å². The summed E-state index contributed by atoms with van der Waals surface area (Å²) < 4.78 is 2.64. The summed E-state index contributed by atoms with van der Waals surface area (Å²) in [5, 5.41) is 2.65. The second-order valence-corrected chi connectivity index (χ2v) is 16.1. The summed E-state index contributed by atoms with van der Waals surface area (Å²) >= 11 is 1.87. The molecule has 2 aliphatic rings. The van der Waals surface area contributed by atoms with E-state index < -0.39 is 0 Å². The van der Waals surface area contributed by atoms with Crippen LogP contribution in [0.5, 0.6) is 0 Å². The summed E-state index contributed by atoms with van der Waals surface area (Å²) in [5.74, 6) is 0. The average molecular weight is 660 g/mol. The van der Waals surface area contributed by atoms with Crippen LogP contribution in [0.15, 0.2) is 152 Å². The molecule has 8 aromatic rings. The normalized spacial score (nSPS) is 14.7. The Kier molecular flexibility index (Phi) is 6.21.